The summed E-state index contributed by atoms with van der Waals surface area (Å²) in [6.45, 7) is 3.70. The molecule has 2 atom stereocenters. The fraction of sp³-hybridized carbons (Fsp3) is 0.300. The molecule has 8 heteroatoms. The van der Waals surface area contributed by atoms with Gasteiger partial charge in [0.15, 0.2) is 0 Å². The summed E-state index contributed by atoms with van der Waals surface area (Å²) in [5, 5.41) is 12.6. The molecule has 2 unspecified atom stereocenters. The lowest BCUT2D eigenvalue weighted by molar-refractivity contribution is 0.0755. The molecule has 0 amide bonds. The van der Waals surface area contributed by atoms with Crippen LogP contribution in [0.5, 0.6) is 0 Å². The highest BCUT2D eigenvalue weighted by Crippen LogP contribution is 2.42. The van der Waals surface area contributed by atoms with E-state index in [0.29, 0.717) is 22.2 Å². The average molecular weight is 441 g/mol. The number of sulfonamides is 1. The van der Waals surface area contributed by atoms with Crippen LogP contribution in [0.1, 0.15) is 25.8 Å². The van der Waals surface area contributed by atoms with Gasteiger partial charge in [-0.1, -0.05) is 42.3 Å². The largest absolute Gasteiger partial charge is 0.391 e. The Morgan fingerprint density at radius 1 is 1.21 bits per heavy atom. The Kier molecular flexibility index (Phi) is 5.69. The van der Waals surface area contributed by atoms with Gasteiger partial charge < -0.3 is 9.67 Å². The molecule has 0 fully saturated rings. The molecule has 2 N–H and O–H groups in total. The standard InChI is InChI=1S/C20H22Cl2N2O3S/c1-4-20(13(2)25,16-9-8-14(21)12-17(16)22)24-11-10-15-18(23-28(3,26)27)6-5-7-19(15)24/h5-13,23,25H,4H2,1-3H3. The summed E-state index contributed by atoms with van der Waals surface area (Å²) in [6.07, 6.45) is 2.74. The van der Waals surface area contributed by atoms with Gasteiger partial charge in [-0.3, -0.25) is 4.72 Å². The molecule has 3 aromatic rings. The van der Waals surface area contributed by atoms with E-state index in [1.165, 1.54) is 0 Å². The third kappa shape index (κ3) is 3.62. The van der Waals surface area contributed by atoms with Crippen molar-refractivity contribution in [3.05, 3.63) is 64.3 Å². The van der Waals surface area contributed by atoms with E-state index in [1.807, 2.05) is 35.9 Å². The number of aliphatic hydroxyl groups is 1. The Balaban J connectivity index is 2.31. The van der Waals surface area contributed by atoms with Crippen molar-refractivity contribution in [2.24, 2.45) is 0 Å². The molecule has 0 saturated carbocycles. The molecule has 0 aliphatic heterocycles. The van der Waals surface area contributed by atoms with Crippen molar-refractivity contribution in [1.82, 2.24) is 4.57 Å². The van der Waals surface area contributed by atoms with Crippen LogP contribution >= 0.6 is 23.2 Å². The first-order chi connectivity index (χ1) is 13.1. The predicted molar refractivity (Wildman–Crippen MR) is 116 cm³/mol. The van der Waals surface area contributed by atoms with E-state index in [-0.39, 0.29) is 0 Å². The molecule has 0 radical (unpaired) electrons. The topological polar surface area (TPSA) is 71.3 Å². The van der Waals surface area contributed by atoms with Crippen LogP contribution in [0.2, 0.25) is 10.0 Å². The number of rotatable bonds is 6. The van der Waals surface area contributed by atoms with Crippen LogP contribution in [0, 0.1) is 0 Å². The summed E-state index contributed by atoms with van der Waals surface area (Å²) in [6, 6.07) is 12.4. The van der Waals surface area contributed by atoms with E-state index >= 15 is 0 Å². The molecule has 2 aromatic carbocycles. The fourth-order valence-electron chi connectivity index (χ4n) is 3.86. The molecular weight excluding hydrogens is 419 g/mol. The number of nitrogens with one attached hydrogen (secondary N) is 1. The normalized spacial score (nSPS) is 15.4. The van der Waals surface area contributed by atoms with Gasteiger partial charge in [0, 0.05) is 21.6 Å². The van der Waals surface area contributed by atoms with E-state index in [4.69, 9.17) is 23.2 Å². The molecular formula is C20H22Cl2N2O3S. The molecule has 28 heavy (non-hydrogen) atoms. The zero-order chi connectivity index (χ0) is 20.7. The lowest BCUT2D eigenvalue weighted by Crippen LogP contribution is -2.44. The van der Waals surface area contributed by atoms with Crippen molar-refractivity contribution < 1.29 is 13.5 Å². The first-order valence-corrected chi connectivity index (χ1v) is 11.5. The number of aliphatic hydroxyl groups excluding tert-OH is 1. The van der Waals surface area contributed by atoms with Crippen molar-refractivity contribution >= 4 is 49.8 Å². The maximum Gasteiger partial charge on any atom is 0.229 e. The Bertz CT molecular complexity index is 1130. The van der Waals surface area contributed by atoms with Gasteiger partial charge >= 0.3 is 0 Å². The highest BCUT2D eigenvalue weighted by molar-refractivity contribution is 7.92. The quantitative estimate of drug-likeness (QED) is 0.574. The fourth-order valence-corrected chi connectivity index (χ4v) is 5.01. The summed E-state index contributed by atoms with van der Waals surface area (Å²) >= 11 is 12.6. The minimum absolute atomic E-state index is 0.461. The van der Waals surface area contributed by atoms with Gasteiger partial charge in [-0.05, 0) is 49.2 Å². The number of hydrogen-bond donors (Lipinski definition) is 2. The third-order valence-corrected chi connectivity index (χ3v) is 6.22. The second kappa shape index (κ2) is 7.59. The maximum absolute atomic E-state index is 11.7. The third-order valence-electron chi connectivity index (χ3n) is 5.09. The summed E-state index contributed by atoms with van der Waals surface area (Å²) in [4.78, 5) is 0. The minimum Gasteiger partial charge on any atom is -0.391 e. The van der Waals surface area contributed by atoms with Crippen LogP contribution in [0.3, 0.4) is 0 Å². The van der Waals surface area contributed by atoms with Gasteiger partial charge in [-0.2, -0.15) is 0 Å². The van der Waals surface area contributed by atoms with Crippen molar-refractivity contribution in [3.63, 3.8) is 0 Å². The van der Waals surface area contributed by atoms with Gasteiger partial charge in [0.25, 0.3) is 0 Å². The minimum atomic E-state index is -3.42. The molecule has 0 bridgehead atoms. The SMILES string of the molecule is CCC(c1ccc(Cl)cc1Cl)(C(C)O)n1ccc2c(NS(C)(=O)=O)cccc21. The van der Waals surface area contributed by atoms with E-state index < -0.39 is 21.7 Å². The van der Waals surface area contributed by atoms with Crippen molar-refractivity contribution in [2.45, 2.75) is 31.9 Å². The zero-order valence-corrected chi connectivity index (χ0v) is 18.1. The van der Waals surface area contributed by atoms with Crippen LogP contribution in [0.25, 0.3) is 10.9 Å². The van der Waals surface area contributed by atoms with E-state index in [9.17, 15) is 13.5 Å². The first-order valence-electron chi connectivity index (χ1n) is 8.82. The number of anilines is 1. The van der Waals surface area contributed by atoms with E-state index in [2.05, 4.69) is 4.72 Å². The van der Waals surface area contributed by atoms with Gasteiger partial charge in [0.2, 0.25) is 10.0 Å². The second-order valence-electron chi connectivity index (χ2n) is 6.88. The number of nitrogens with zero attached hydrogens (tertiary/aromatic N) is 1. The molecule has 0 aliphatic rings. The summed E-state index contributed by atoms with van der Waals surface area (Å²) in [5.74, 6) is 0. The lowest BCUT2D eigenvalue weighted by atomic mass is 9.82. The summed E-state index contributed by atoms with van der Waals surface area (Å²) < 4.78 is 27.9. The predicted octanol–water partition coefficient (Wildman–Crippen LogP) is 4.85. The molecule has 1 aromatic heterocycles. The van der Waals surface area contributed by atoms with Crippen molar-refractivity contribution in [3.8, 4) is 0 Å². The molecule has 0 saturated heterocycles. The van der Waals surface area contributed by atoms with Crippen LogP contribution in [0.4, 0.5) is 5.69 Å². The van der Waals surface area contributed by atoms with E-state index in [1.54, 1.807) is 31.2 Å². The molecule has 150 valence electrons. The van der Waals surface area contributed by atoms with Crippen LogP contribution < -0.4 is 4.72 Å². The second-order valence-corrected chi connectivity index (χ2v) is 9.47. The van der Waals surface area contributed by atoms with Gasteiger partial charge in [-0.25, -0.2) is 8.42 Å². The Morgan fingerprint density at radius 2 is 1.93 bits per heavy atom. The maximum atomic E-state index is 11.7. The van der Waals surface area contributed by atoms with Crippen LogP contribution in [-0.2, 0) is 15.6 Å². The Morgan fingerprint density at radius 3 is 2.50 bits per heavy atom. The summed E-state index contributed by atoms with van der Waals surface area (Å²) in [7, 11) is -3.42. The summed E-state index contributed by atoms with van der Waals surface area (Å²) in [5.41, 5.74) is 1.15. The van der Waals surface area contributed by atoms with Crippen molar-refractivity contribution in [2.75, 3.05) is 11.0 Å². The molecule has 3 rings (SSSR count). The lowest BCUT2D eigenvalue weighted by Gasteiger charge is -2.39. The molecule has 0 spiro atoms. The average Bonchev–Trinajstić information content (AvgIpc) is 3.02. The zero-order valence-electron chi connectivity index (χ0n) is 15.8. The van der Waals surface area contributed by atoms with Gasteiger partial charge in [0.05, 0.1) is 29.1 Å². The number of halogens is 2. The monoisotopic (exact) mass is 440 g/mol. The number of fused-ring (bicyclic) bond motifs is 1. The van der Waals surface area contributed by atoms with Gasteiger partial charge in [-0.15, -0.1) is 0 Å². The van der Waals surface area contributed by atoms with Crippen LogP contribution in [-0.4, -0.2) is 30.5 Å². The first kappa shape index (κ1) is 21.0. The number of aromatic nitrogens is 1. The highest BCUT2D eigenvalue weighted by Gasteiger charge is 2.40. The Hall–Kier alpha value is -1.73. The van der Waals surface area contributed by atoms with Crippen LogP contribution in [0.15, 0.2) is 48.7 Å². The molecule has 1 heterocycles. The number of benzene rings is 2. The molecule has 5 nitrogen and oxygen atoms in total. The highest BCUT2D eigenvalue weighted by atomic mass is 35.5. The number of hydrogen-bond acceptors (Lipinski definition) is 3. The van der Waals surface area contributed by atoms with E-state index in [0.717, 1.165) is 22.7 Å². The van der Waals surface area contributed by atoms with Crippen molar-refractivity contribution in [1.29, 1.82) is 0 Å². The van der Waals surface area contributed by atoms with Gasteiger partial charge in [0.1, 0.15) is 0 Å². The smallest absolute Gasteiger partial charge is 0.229 e. The molecule has 0 aliphatic carbocycles. The Labute approximate surface area is 174 Å².